The van der Waals surface area contributed by atoms with Crippen LogP contribution in [0.3, 0.4) is 0 Å². The molecule has 0 fully saturated rings. The topological polar surface area (TPSA) is 108 Å². The number of carboxylic acids is 1. The number of carbonyl (C=O) groups excluding carboxylic acids is 2. The highest BCUT2D eigenvalue weighted by molar-refractivity contribution is 5.71. The minimum Gasteiger partial charge on any atom is -0.477 e. The predicted octanol–water partition coefficient (Wildman–Crippen LogP) is 26.5. The van der Waals surface area contributed by atoms with Gasteiger partial charge in [0.2, 0.25) is 0 Å². The molecule has 0 saturated carbocycles. The van der Waals surface area contributed by atoms with Crippen LogP contribution in [0.15, 0.2) is 194 Å². The van der Waals surface area contributed by atoms with Crippen LogP contribution in [0.5, 0.6) is 0 Å². The maximum absolute atomic E-state index is 13.0. The molecule has 101 heavy (non-hydrogen) atoms. The lowest BCUT2D eigenvalue weighted by Crippen LogP contribution is -2.40. The molecule has 1 N–H and O–H groups in total. The lowest BCUT2D eigenvalue weighted by atomic mass is 10.0. The Morgan fingerprint density at radius 3 is 0.792 bits per heavy atom. The Balaban J connectivity index is 4.09. The van der Waals surface area contributed by atoms with E-state index in [1.54, 1.807) is 0 Å². The number of allylic oxidation sites excluding steroid dienone is 32. The number of nitrogens with zero attached hydrogens (tertiary/aromatic N) is 1. The van der Waals surface area contributed by atoms with Crippen LogP contribution in [0.1, 0.15) is 309 Å². The Bertz CT molecular complexity index is 2380. The lowest BCUT2D eigenvalue weighted by molar-refractivity contribution is -0.870. The van der Waals surface area contributed by atoms with Crippen molar-refractivity contribution in [2.24, 2.45) is 0 Å². The molecule has 0 aromatic carbocycles. The van der Waals surface area contributed by atoms with Gasteiger partial charge >= 0.3 is 17.9 Å². The highest BCUT2D eigenvalue weighted by Crippen LogP contribution is 2.17. The Hall–Kier alpha value is -5.87. The number of quaternary nitrogens is 1. The van der Waals surface area contributed by atoms with Gasteiger partial charge in [0, 0.05) is 12.8 Å². The molecule has 2 atom stereocenters. The number of carboxylic acid groups (broad SMARTS) is 1. The first-order chi connectivity index (χ1) is 49.6. The number of rotatable bonds is 73. The second-order valence-electron chi connectivity index (χ2n) is 27.6. The summed E-state index contributed by atoms with van der Waals surface area (Å²) in [4.78, 5) is 37.8. The average Bonchev–Trinajstić information content (AvgIpc) is 1.21. The van der Waals surface area contributed by atoms with Crippen molar-refractivity contribution >= 4 is 17.9 Å². The molecule has 0 aliphatic heterocycles. The molecule has 0 aromatic heterocycles. The van der Waals surface area contributed by atoms with Gasteiger partial charge in [-0.3, -0.25) is 9.59 Å². The number of likely N-dealkylation sites (N-methyl/N-ethyl adjacent to an activating group) is 1. The molecule has 9 nitrogen and oxygen atoms in total. The van der Waals surface area contributed by atoms with E-state index < -0.39 is 24.3 Å². The second-order valence-corrected chi connectivity index (χ2v) is 27.6. The molecular formula is C92H150NO8+. The quantitative estimate of drug-likeness (QED) is 0.0211. The fraction of sp³-hybridized carbons (Fsp3) is 0.620. The van der Waals surface area contributed by atoms with Gasteiger partial charge in [-0.2, -0.15) is 0 Å². The fourth-order valence-electron chi connectivity index (χ4n) is 10.8. The van der Waals surface area contributed by atoms with Gasteiger partial charge in [0.1, 0.15) is 13.2 Å². The number of hydrogen-bond donors (Lipinski definition) is 1. The predicted molar refractivity (Wildman–Crippen MR) is 437 cm³/mol. The summed E-state index contributed by atoms with van der Waals surface area (Å²) in [6.07, 6.45) is 120. The van der Waals surface area contributed by atoms with Gasteiger partial charge in [0.25, 0.3) is 6.29 Å². The summed E-state index contributed by atoms with van der Waals surface area (Å²) in [6.45, 7) is 4.65. The summed E-state index contributed by atoms with van der Waals surface area (Å²) in [5, 5.41) is 9.78. The minimum atomic E-state index is -1.52. The van der Waals surface area contributed by atoms with E-state index in [1.807, 2.05) is 21.1 Å². The van der Waals surface area contributed by atoms with Crippen molar-refractivity contribution in [2.75, 3.05) is 47.5 Å². The van der Waals surface area contributed by atoms with Gasteiger partial charge in [0.15, 0.2) is 6.10 Å². The first-order valence-electron chi connectivity index (χ1n) is 40.6. The van der Waals surface area contributed by atoms with E-state index in [0.717, 1.165) is 154 Å². The zero-order valence-corrected chi connectivity index (χ0v) is 65.2. The van der Waals surface area contributed by atoms with E-state index in [-0.39, 0.29) is 38.6 Å². The van der Waals surface area contributed by atoms with Gasteiger partial charge in [-0.05, 0) is 141 Å². The van der Waals surface area contributed by atoms with Gasteiger partial charge in [-0.1, -0.05) is 350 Å². The van der Waals surface area contributed by atoms with Crippen molar-refractivity contribution in [3.63, 3.8) is 0 Å². The van der Waals surface area contributed by atoms with Crippen molar-refractivity contribution in [1.29, 1.82) is 0 Å². The van der Waals surface area contributed by atoms with Crippen molar-refractivity contribution in [3.8, 4) is 0 Å². The third-order valence-electron chi connectivity index (χ3n) is 16.8. The number of unbranched alkanes of at least 4 members (excludes halogenated alkanes) is 26. The fourth-order valence-corrected chi connectivity index (χ4v) is 10.8. The monoisotopic (exact) mass is 1400 g/mol. The number of esters is 2. The van der Waals surface area contributed by atoms with Gasteiger partial charge in [-0.15, -0.1) is 0 Å². The molecule has 0 aliphatic carbocycles. The molecule has 0 rings (SSSR count). The van der Waals surface area contributed by atoms with Crippen LogP contribution in [-0.2, 0) is 33.3 Å². The molecule has 0 spiro atoms. The van der Waals surface area contributed by atoms with Crippen molar-refractivity contribution in [1.82, 2.24) is 0 Å². The third kappa shape index (κ3) is 81.3. The number of aliphatic carboxylic acids is 1. The van der Waals surface area contributed by atoms with E-state index in [2.05, 4.69) is 208 Å². The molecule has 9 heteroatoms. The van der Waals surface area contributed by atoms with E-state index in [9.17, 15) is 19.5 Å². The Morgan fingerprint density at radius 1 is 0.297 bits per heavy atom. The molecule has 2 unspecified atom stereocenters. The molecular weight excluding hydrogens is 1250 g/mol. The van der Waals surface area contributed by atoms with Crippen molar-refractivity contribution < 1.29 is 42.9 Å². The Morgan fingerprint density at radius 2 is 0.535 bits per heavy atom. The average molecular weight is 1400 g/mol. The van der Waals surface area contributed by atoms with Crippen molar-refractivity contribution in [3.05, 3.63) is 194 Å². The molecule has 0 radical (unpaired) electrons. The van der Waals surface area contributed by atoms with Crippen LogP contribution in [-0.4, -0.2) is 87.4 Å². The molecule has 0 aliphatic rings. The smallest absolute Gasteiger partial charge is 0.361 e. The van der Waals surface area contributed by atoms with Crippen LogP contribution in [0, 0.1) is 0 Å². The highest BCUT2D eigenvalue weighted by atomic mass is 16.7. The minimum absolute atomic E-state index is 0.179. The van der Waals surface area contributed by atoms with E-state index in [0.29, 0.717) is 17.4 Å². The van der Waals surface area contributed by atoms with Crippen LogP contribution in [0.25, 0.3) is 0 Å². The maximum atomic E-state index is 13.0. The largest absolute Gasteiger partial charge is 0.477 e. The SMILES string of the molecule is CC/C=C\C/C=C\C/C=C\C/C=C\C/C=C\C/C=C\C/C=C\C/C=C\CCCCCCCCCCCCCCCCCCC(=O)OC(COC(=O)CCCCCCCCCCCC/C=C\C/C=C\C/C=C\C/C=C\C/C=C\C/C=C\C/C=C\C/C=C\CC)COC(OCC[N+](C)(C)C)C(=O)O. The van der Waals surface area contributed by atoms with E-state index in [1.165, 1.54) is 122 Å². The lowest BCUT2D eigenvalue weighted by Gasteiger charge is -2.25. The van der Waals surface area contributed by atoms with Crippen LogP contribution in [0.4, 0.5) is 0 Å². The number of ether oxygens (including phenoxy) is 4. The summed E-state index contributed by atoms with van der Waals surface area (Å²) in [6, 6.07) is 0. The summed E-state index contributed by atoms with van der Waals surface area (Å²) in [7, 11) is 5.98. The molecule has 0 bridgehead atoms. The normalized spacial score (nSPS) is 13.7. The highest BCUT2D eigenvalue weighted by Gasteiger charge is 2.25. The van der Waals surface area contributed by atoms with Crippen LogP contribution in [0.2, 0.25) is 0 Å². The van der Waals surface area contributed by atoms with Crippen LogP contribution < -0.4 is 0 Å². The van der Waals surface area contributed by atoms with Crippen LogP contribution >= 0.6 is 0 Å². The van der Waals surface area contributed by atoms with Crippen molar-refractivity contribution in [2.45, 2.75) is 322 Å². The van der Waals surface area contributed by atoms with Gasteiger partial charge in [-0.25, -0.2) is 4.79 Å². The van der Waals surface area contributed by atoms with E-state index in [4.69, 9.17) is 18.9 Å². The first-order valence-corrected chi connectivity index (χ1v) is 40.6. The maximum Gasteiger partial charge on any atom is 0.361 e. The standard InChI is InChI=1S/C92H149NO8/c1-6-8-10-12-14-16-18-20-22-24-26-28-30-32-34-36-38-40-42-43-44-45-46-47-49-51-53-55-57-59-61-63-65-67-69-71-73-75-77-79-81-83-90(95)101-88(87-100-92(91(96)97)98-85-84-93(3,4)5)86-99-89(94)82-80-78-76-74-72-70-68-66-64-62-60-58-56-54-52-50-48-41-39-37-35-33-31-29-27-25-23-21-19-17-15-13-11-9-7-2/h8-11,14-17,20-23,26-29,32-35,38-41,43-44,46-47,50,52,56,58,88,92H,6-7,12-13,18-19,24-25,30-31,36-37,42,45,48-49,51,53-55,57,59-87H2,1-5H3/p+1/b10-8-,11-9-,16-14-,17-15-,22-20-,23-21-,28-26-,29-27-,34-32-,35-33-,40-38-,41-39-,44-43-,47-46-,52-50-,58-56-. The summed E-state index contributed by atoms with van der Waals surface area (Å²) in [5.41, 5.74) is 0. The summed E-state index contributed by atoms with van der Waals surface area (Å²) in [5.74, 6) is -2.02. The number of carbonyl (C=O) groups is 3. The zero-order valence-electron chi connectivity index (χ0n) is 65.2. The molecule has 0 saturated heterocycles. The number of hydrogen-bond acceptors (Lipinski definition) is 7. The zero-order chi connectivity index (χ0) is 73.2. The molecule has 0 heterocycles. The second kappa shape index (κ2) is 79.8. The first kappa shape index (κ1) is 95.1. The molecule has 570 valence electrons. The van der Waals surface area contributed by atoms with Gasteiger partial charge < -0.3 is 28.5 Å². The summed E-state index contributed by atoms with van der Waals surface area (Å²) < 4.78 is 23.0. The summed E-state index contributed by atoms with van der Waals surface area (Å²) >= 11 is 0. The molecule has 0 aromatic rings. The Kier molecular flexibility index (Phi) is 75.2. The van der Waals surface area contributed by atoms with E-state index >= 15 is 0 Å². The Labute approximate surface area is 621 Å². The molecule has 0 amide bonds. The van der Waals surface area contributed by atoms with Gasteiger partial charge in [0.05, 0.1) is 34.4 Å². The third-order valence-corrected chi connectivity index (χ3v) is 16.8.